The van der Waals surface area contributed by atoms with E-state index in [9.17, 15) is 19.2 Å². The molecule has 0 aliphatic carbocycles. The lowest BCUT2D eigenvalue weighted by atomic mass is 9.95. The lowest BCUT2D eigenvalue weighted by Crippen LogP contribution is -2.49. The second kappa shape index (κ2) is 20.3. The molecule has 14 heteroatoms. The fourth-order valence-electron chi connectivity index (χ4n) is 6.25. The number of ketones is 1. The fourth-order valence-corrected chi connectivity index (χ4v) is 6.25. The molecule has 1 aliphatic heterocycles. The number of anilines is 1. The van der Waals surface area contributed by atoms with Crippen LogP contribution in [0.2, 0.25) is 0 Å². The minimum absolute atomic E-state index is 0.0474. The van der Waals surface area contributed by atoms with Crippen molar-refractivity contribution in [3.63, 3.8) is 0 Å². The molecule has 1 aliphatic rings. The molecule has 2 amide bonds. The monoisotopic (exact) mass is 762 g/mol. The Hall–Kier alpha value is -4.66. The van der Waals surface area contributed by atoms with Gasteiger partial charge >= 0.3 is 12.1 Å². The summed E-state index contributed by atoms with van der Waals surface area (Å²) in [5.41, 5.74) is 3.51. The van der Waals surface area contributed by atoms with E-state index in [0.717, 1.165) is 16.8 Å². The summed E-state index contributed by atoms with van der Waals surface area (Å²) < 4.78 is 23.3. The number of methoxy groups -OCH3 is 1. The van der Waals surface area contributed by atoms with E-state index in [1.165, 1.54) is 0 Å². The summed E-state index contributed by atoms with van der Waals surface area (Å²) in [6.07, 6.45) is 1.92. The zero-order valence-corrected chi connectivity index (χ0v) is 33.4. The van der Waals surface area contributed by atoms with E-state index in [2.05, 4.69) is 20.9 Å². The van der Waals surface area contributed by atoms with Crippen LogP contribution in [0.25, 0.3) is 22.5 Å². The lowest BCUT2D eigenvalue weighted by Gasteiger charge is -2.30. The Morgan fingerprint density at radius 1 is 0.873 bits per heavy atom. The van der Waals surface area contributed by atoms with Crippen molar-refractivity contribution in [2.24, 2.45) is 0 Å². The van der Waals surface area contributed by atoms with Gasteiger partial charge in [-0.1, -0.05) is 47.7 Å². The van der Waals surface area contributed by atoms with E-state index >= 15 is 0 Å². The standard InChI is InChI=1S/C41H58N6O8/c1-40(2,3)43-33(38(50)55-41(4,5)6)19-12-13-21-42-39(51)54-24-22-47-37-31-17-9-8-15-29(31)28-46(34-20-11-10-18-32(34)36(37)44-45-47)35(49)27-30(48)16-14-23-53-26-25-52-7/h8-11,15,17-18,20,33,43H,12-14,16,19,21-28H2,1-7H3,(H,42,51). The number of ether oxygens (including phenoxy) is 4. The van der Waals surface area contributed by atoms with Gasteiger partial charge in [-0.25, -0.2) is 9.48 Å². The van der Waals surface area contributed by atoms with Crippen molar-refractivity contribution in [2.75, 3.05) is 45.0 Å². The largest absolute Gasteiger partial charge is 0.459 e. The number of hydrogen-bond acceptors (Lipinski definition) is 11. The molecular weight excluding hydrogens is 704 g/mol. The number of Topliss-reactive ketones (excluding diaryl/α,β-unsaturated/α-hetero) is 1. The number of hydrogen-bond donors (Lipinski definition) is 2. The van der Waals surface area contributed by atoms with Crippen molar-refractivity contribution in [1.82, 2.24) is 25.6 Å². The van der Waals surface area contributed by atoms with Gasteiger partial charge in [0.25, 0.3) is 0 Å². The molecule has 2 heterocycles. The first-order valence-corrected chi connectivity index (χ1v) is 19.1. The van der Waals surface area contributed by atoms with Gasteiger partial charge in [-0.05, 0) is 78.9 Å². The number of nitrogens with one attached hydrogen (secondary N) is 2. The van der Waals surface area contributed by atoms with Crippen LogP contribution >= 0.6 is 0 Å². The predicted molar refractivity (Wildman–Crippen MR) is 209 cm³/mol. The van der Waals surface area contributed by atoms with Gasteiger partial charge in [-0.2, -0.15) is 0 Å². The maximum atomic E-state index is 13.7. The van der Waals surface area contributed by atoms with E-state index in [4.69, 9.17) is 18.9 Å². The van der Waals surface area contributed by atoms with E-state index in [1.807, 2.05) is 90.1 Å². The topological polar surface area (TPSA) is 163 Å². The molecule has 55 heavy (non-hydrogen) atoms. The average Bonchev–Trinajstić information content (AvgIpc) is 3.52. The van der Waals surface area contributed by atoms with Crippen molar-refractivity contribution in [3.8, 4) is 22.5 Å². The minimum atomic E-state index is -0.580. The average molecular weight is 763 g/mol. The number of rotatable bonds is 19. The number of nitrogens with zero attached hydrogens (tertiary/aromatic N) is 4. The summed E-state index contributed by atoms with van der Waals surface area (Å²) in [6, 6.07) is 14.7. The normalized spacial score (nSPS) is 13.1. The molecule has 4 rings (SSSR count). The summed E-state index contributed by atoms with van der Waals surface area (Å²) in [6.45, 7) is 13.9. The predicted octanol–water partition coefficient (Wildman–Crippen LogP) is 5.86. The first kappa shape index (κ1) is 43.1. The number of benzene rings is 2. The summed E-state index contributed by atoms with van der Waals surface area (Å²) in [5.74, 6) is -0.733. The maximum absolute atomic E-state index is 13.7. The number of unbranched alkanes of at least 4 members (excludes halogenated alkanes) is 1. The third-order valence-electron chi connectivity index (χ3n) is 8.64. The van der Waals surface area contributed by atoms with Crippen molar-refractivity contribution in [3.05, 3.63) is 54.1 Å². The highest BCUT2D eigenvalue weighted by molar-refractivity contribution is 6.08. The van der Waals surface area contributed by atoms with Crippen LogP contribution in [0.1, 0.15) is 85.6 Å². The highest BCUT2D eigenvalue weighted by atomic mass is 16.6. The Morgan fingerprint density at radius 2 is 1.60 bits per heavy atom. The highest BCUT2D eigenvalue weighted by Gasteiger charge is 2.30. The van der Waals surface area contributed by atoms with Crippen molar-refractivity contribution >= 4 is 29.4 Å². The molecule has 1 atom stereocenters. The van der Waals surface area contributed by atoms with Gasteiger partial charge in [0.15, 0.2) is 0 Å². The highest BCUT2D eigenvalue weighted by Crippen LogP contribution is 2.41. The van der Waals surface area contributed by atoms with Crippen LogP contribution in [-0.2, 0) is 46.4 Å². The summed E-state index contributed by atoms with van der Waals surface area (Å²) in [4.78, 5) is 53.7. The summed E-state index contributed by atoms with van der Waals surface area (Å²) in [7, 11) is 1.60. The van der Waals surface area contributed by atoms with Gasteiger partial charge in [0, 0.05) is 43.3 Å². The molecule has 1 unspecified atom stereocenters. The number of para-hydroxylation sites is 1. The Labute approximate surface area is 324 Å². The van der Waals surface area contributed by atoms with Crippen molar-refractivity contribution < 1.29 is 38.1 Å². The van der Waals surface area contributed by atoms with Crippen LogP contribution < -0.4 is 15.5 Å². The van der Waals surface area contributed by atoms with Crippen LogP contribution in [0, 0.1) is 0 Å². The molecule has 3 aromatic rings. The summed E-state index contributed by atoms with van der Waals surface area (Å²) in [5, 5.41) is 15.2. The molecule has 1 aromatic heterocycles. The van der Waals surface area contributed by atoms with Gasteiger partial charge in [0.05, 0.1) is 44.1 Å². The quantitative estimate of drug-likeness (QED) is 0.0855. The number of alkyl carbamates (subject to hydrolysis) is 1. The SMILES string of the molecule is COCCOCCCC(=O)CC(=O)N1Cc2ccccc2-c2c(nnn2CCOC(=O)NCCCCC(NC(C)(C)C)C(=O)OC(C)(C)C)-c2ccccc21. The number of fused-ring (bicyclic) bond motifs is 5. The Balaban J connectivity index is 1.36. The number of carbonyl (C=O) groups excluding carboxylic acids is 4. The van der Waals surface area contributed by atoms with Crippen LogP contribution in [0.5, 0.6) is 0 Å². The van der Waals surface area contributed by atoms with E-state index < -0.39 is 17.7 Å². The first-order chi connectivity index (χ1) is 26.2. The van der Waals surface area contributed by atoms with E-state index in [-0.39, 0.29) is 55.7 Å². The number of carbonyl (C=O) groups is 4. The van der Waals surface area contributed by atoms with Crippen molar-refractivity contribution in [1.29, 1.82) is 0 Å². The summed E-state index contributed by atoms with van der Waals surface area (Å²) >= 11 is 0. The lowest BCUT2D eigenvalue weighted by molar-refractivity contribution is -0.158. The third kappa shape index (κ3) is 13.5. The van der Waals surface area contributed by atoms with Gasteiger partial charge in [0.2, 0.25) is 5.91 Å². The Kier molecular flexibility index (Phi) is 15.9. The van der Waals surface area contributed by atoms with Gasteiger partial charge in [-0.15, -0.1) is 5.10 Å². The van der Waals surface area contributed by atoms with Crippen LogP contribution in [0.3, 0.4) is 0 Å². The number of aromatic nitrogens is 3. The Bertz CT molecular complexity index is 1740. The first-order valence-electron chi connectivity index (χ1n) is 19.1. The Morgan fingerprint density at radius 3 is 2.33 bits per heavy atom. The second-order valence-corrected chi connectivity index (χ2v) is 15.6. The molecule has 0 bridgehead atoms. The van der Waals surface area contributed by atoms with Crippen LogP contribution in [-0.4, -0.2) is 96.0 Å². The molecule has 0 saturated heterocycles. The van der Waals surface area contributed by atoms with Gasteiger partial charge in [0.1, 0.15) is 29.7 Å². The minimum Gasteiger partial charge on any atom is -0.459 e. The fraction of sp³-hybridized carbons (Fsp3) is 0.561. The molecule has 2 aromatic carbocycles. The molecular formula is C41H58N6O8. The molecule has 0 radical (unpaired) electrons. The van der Waals surface area contributed by atoms with E-state index in [0.29, 0.717) is 69.0 Å². The molecule has 0 fully saturated rings. The molecule has 14 nitrogen and oxygen atoms in total. The van der Waals surface area contributed by atoms with E-state index in [1.54, 1.807) is 16.7 Å². The maximum Gasteiger partial charge on any atom is 0.407 e. The van der Waals surface area contributed by atoms with Gasteiger partial charge < -0.3 is 29.2 Å². The molecule has 300 valence electrons. The number of esters is 1. The third-order valence-corrected chi connectivity index (χ3v) is 8.64. The smallest absolute Gasteiger partial charge is 0.407 e. The zero-order chi connectivity index (χ0) is 40.0. The van der Waals surface area contributed by atoms with Crippen LogP contribution in [0.15, 0.2) is 48.5 Å². The molecule has 2 N–H and O–H groups in total. The molecule has 0 spiro atoms. The molecule has 0 saturated carbocycles. The van der Waals surface area contributed by atoms with Crippen molar-refractivity contribution in [2.45, 2.75) is 110 Å². The zero-order valence-electron chi connectivity index (χ0n) is 33.4. The number of amides is 2. The van der Waals surface area contributed by atoms with Crippen LogP contribution in [0.4, 0.5) is 10.5 Å². The van der Waals surface area contributed by atoms with Gasteiger partial charge in [-0.3, -0.25) is 19.7 Å². The second-order valence-electron chi connectivity index (χ2n) is 15.6.